The van der Waals surface area contributed by atoms with Crippen LogP contribution in [0.15, 0.2) is 36.7 Å². The normalized spacial score (nSPS) is 9.90. The number of ether oxygens (including phenoxy) is 2. The molecule has 104 valence electrons. The summed E-state index contributed by atoms with van der Waals surface area (Å²) < 4.78 is 10.0. The fourth-order valence-corrected chi connectivity index (χ4v) is 1.64. The molecule has 0 fully saturated rings. The van der Waals surface area contributed by atoms with Gasteiger partial charge in [0.25, 0.3) is 5.91 Å². The molecule has 6 nitrogen and oxygen atoms in total. The number of carbonyl (C=O) groups is 1. The number of amides is 1. The van der Waals surface area contributed by atoms with Gasteiger partial charge in [-0.05, 0) is 17.7 Å². The molecule has 0 aliphatic carbocycles. The van der Waals surface area contributed by atoms with E-state index in [0.717, 1.165) is 5.56 Å². The van der Waals surface area contributed by atoms with Crippen molar-refractivity contribution >= 4 is 5.91 Å². The van der Waals surface area contributed by atoms with Gasteiger partial charge >= 0.3 is 0 Å². The van der Waals surface area contributed by atoms with E-state index in [9.17, 15) is 4.79 Å². The number of hydrogen-bond donors (Lipinski definition) is 1. The van der Waals surface area contributed by atoms with Crippen LogP contribution in [0.4, 0.5) is 0 Å². The van der Waals surface area contributed by atoms with Crippen molar-refractivity contribution in [1.82, 2.24) is 15.3 Å². The topological polar surface area (TPSA) is 73.3 Å². The molecule has 6 heteroatoms. The number of rotatable bonds is 5. The van der Waals surface area contributed by atoms with Gasteiger partial charge in [0.05, 0.1) is 14.2 Å². The average molecular weight is 273 g/mol. The Morgan fingerprint density at radius 3 is 2.70 bits per heavy atom. The van der Waals surface area contributed by atoms with Crippen LogP contribution in [0, 0.1) is 0 Å². The summed E-state index contributed by atoms with van der Waals surface area (Å²) in [5, 5.41) is 2.79. The smallest absolute Gasteiger partial charge is 0.257 e. The van der Waals surface area contributed by atoms with Crippen molar-refractivity contribution < 1.29 is 14.3 Å². The number of aromatic nitrogens is 2. The first-order valence-electron chi connectivity index (χ1n) is 6.00. The zero-order valence-electron chi connectivity index (χ0n) is 11.3. The van der Waals surface area contributed by atoms with Gasteiger partial charge in [0.2, 0.25) is 11.8 Å². The Balaban J connectivity index is 2.01. The van der Waals surface area contributed by atoms with E-state index in [1.165, 1.54) is 7.11 Å². The molecule has 0 spiro atoms. The van der Waals surface area contributed by atoms with E-state index in [4.69, 9.17) is 9.47 Å². The van der Waals surface area contributed by atoms with E-state index in [0.29, 0.717) is 23.9 Å². The number of nitrogens with one attached hydrogen (secondary N) is 1. The second-order valence-electron chi connectivity index (χ2n) is 3.95. The summed E-state index contributed by atoms with van der Waals surface area (Å²) in [6.07, 6.45) is 3.22. The fraction of sp³-hybridized carbons (Fsp3) is 0.214. The maximum atomic E-state index is 12.0. The molecule has 1 amide bonds. The molecule has 1 N–H and O–H groups in total. The lowest BCUT2D eigenvalue weighted by Gasteiger charge is -2.08. The Bertz CT molecular complexity index is 584. The molecule has 20 heavy (non-hydrogen) atoms. The Morgan fingerprint density at radius 1 is 1.20 bits per heavy atom. The second-order valence-corrected chi connectivity index (χ2v) is 3.95. The standard InChI is InChI=1S/C14H15N3O3/c1-19-12-6-5-10(8-16-12)9-17-13(18)11-4-3-7-15-14(11)20-2/h3-8H,9H2,1-2H3,(H,17,18). The summed E-state index contributed by atoms with van der Waals surface area (Å²) in [5.41, 5.74) is 1.28. The lowest BCUT2D eigenvalue weighted by molar-refractivity contribution is 0.0947. The molecule has 0 aromatic carbocycles. The first-order valence-corrected chi connectivity index (χ1v) is 6.00. The van der Waals surface area contributed by atoms with Crippen LogP contribution in [-0.2, 0) is 6.54 Å². The minimum atomic E-state index is -0.245. The lowest BCUT2D eigenvalue weighted by atomic mass is 10.2. The Hall–Kier alpha value is -2.63. The largest absolute Gasteiger partial charge is 0.481 e. The van der Waals surface area contributed by atoms with E-state index in [-0.39, 0.29) is 5.91 Å². The van der Waals surface area contributed by atoms with Crippen LogP contribution in [-0.4, -0.2) is 30.1 Å². The van der Waals surface area contributed by atoms with Crippen LogP contribution in [0.2, 0.25) is 0 Å². The van der Waals surface area contributed by atoms with Crippen LogP contribution >= 0.6 is 0 Å². The summed E-state index contributed by atoms with van der Waals surface area (Å²) in [6.45, 7) is 0.369. The van der Waals surface area contributed by atoms with Crippen molar-refractivity contribution in [2.45, 2.75) is 6.54 Å². The molecule has 0 saturated heterocycles. The monoisotopic (exact) mass is 273 g/mol. The highest BCUT2D eigenvalue weighted by Crippen LogP contribution is 2.13. The number of methoxy groups -OCH3 is 2. The van der Waals surface area contributed by atoms with E-state index in [1.807, 2.05) is 6.07 Å². The quantitative estimate of drug-likeness (QED) is 0.892. The zero-order valence-corrected chi connectivity index (χ0v) is 11.3. The van der Waals surface area contributed by atoms with Crippen molar-refractivity contribution in [3.05, 3.63) is 47.8 Å². The van der Waals surface area contributed by atoms with Gasteiger partial charge in [-0.1, -0.05) is 6.07 Å². The first kappa shape index (κ1) is 13.8. The predicted molar refractivity (Wildman–Crippen MR) is 72.7 cm³/mol. The maximum absolute atomic E-state index is 12.0. The van der Waals surface area contributed by atoms with Crippen molar-refractivity contribution in [2.24, 2.45) is 0 Å². The summed E-state index contributed by atoms with van der Waals surface area (Å²) in [5.74, 6) is 0.595. The molecule has 2 aromatic rings. The van der Waals surface area contributed by atoms with Gasteiger partial charge in [0.15, 0.2) is 0 Å². The van der Waals surface area contributed by atoms with Crippen molar-refractivity contribution in [3.8, 4) is 11.8 Å². The highest BCUT2D eigenvalue weighted by Gasteiger charge is 2.12. The Morgan fingerprint density at radius 2 is 2.05 bits per heavy atom. The number of carbonyl (C=O) groups excluding carboxylic acids is 1. The van der Waals surface area contributed by atoms with Gasteiger partial charge in [0.1, 0.15) is 5.56 Å². The van der Waals surface area contributed by atoms with Crippen molar-refractivity contribution in [3.63, 3.8) is 0 Å². The third-order valence-corrected chi connectivity index (χ3v) is 2.67. The van der Waals surface area contributed by atoms with Gasteiger partial charge < -0.3 is 14.8 Å². The minimum absolute atomic E-state index is 0.245. The third kappa shape index (κ3) is 3.23. The van der Waals surface area contributed by atoms with E-state index < -0.39 is 0 Å². The molecular formula is C14H15N3O3. The highest BCUT2D eigenvalue weighted by molar-refractivity contribution is 5.96. The van der Waals surface area contributed by atoms with Gasteiger partial charge in [-0.2, -0.15) is 0 Å². The van der Waals surface area contributed by atoms with Crippen molar-refractivity contribution in [1.29, 1.82) is 0 Å². The third-order valence-electron chi connectivity index (χ3n) is 2.67. The molecule has 0 aliphatic heterocycles. The molecule has 0 aliphatic rings. The lowest BCUT2D eigenvalue weighted by Crippen LogP contribution is -2.23. The van der Waals surface area contributed by atoms with Crippen LogP contribution in [0.3, 0.4) is 0 Å². The fourth-order valence-electron chi connectivity index (χ4n) is 1.64. The highest BCUT2D eigenvalue weighted by atomic mass is 16.5. The van der Waals surface area contributed by atoms with Crippen molar-refractivity contribution in [2.75, 3.05) is 14.2 Å². The second kappa shape index (κ2) is 6.51. The molecule has 0 unspecified atom stereocenters. The molecule has 2 aromatic heterocycles. The Labute approximate surface area is 116 Å². The van der Waals surface area contributed by atoms with Crippen LogP contribution in [0.5, 0.6) is 11.8 Å². The summed E-state index contributed by atoms with van der Waals surface area (Å²) in [7, 11) is 3.03. The predicted octanol–water partition coefficient (Wildman–Crippen LogP) is 1.42. The number of pyridine rings is 2. The molecule has 2 heterocycles. The average Bonchev–Trinajstić information content (AvgIpc) is 2.53. The van der Waals surface area contributed by atoms with Gasteiger partial charge in [-0.3, -0.25) is 4.79 Å². The molecule has 2 rings (SSSR count). The molecular weight excluding hydrogens is 258 g/mol. The first-order chi connectivity index (χ1) is 9.74. The zero-order chi connectivity index (χ0) is 14.4. The van der Waals surface area contributed by atoms with Gasteiger partial charge in [-0.25, -0.2) is 9.97 Å². The van der Waals surface area contributed by atoms with E-state index in [1.54, 1.807) is 37.7 Å². The molecule has 0 atom stereocenters. The van der Waals surface area contributed by atoms with Gasteiger partial charge in [0, 0.05) is 25.0 Å². The number of nitrogens with zero attached hydrogens (tertiary/aromatic N) is 2. The Kier molecular flexibility index (Phi) is 4.49. The summed E-state index contributed by atoms with van der Waals surface area (Å²) in [4.78, 5) is 20.1. The van der Waals surface area contributed by atoms with E-state index >= 15 is 0 Å². The molecule has 0 radical (unpaired) electrons. The van der Waals surface area contributed by atoms with Crippen LogP contribution in [0.25, 0.3) is 0 Å². The minimum Gasteiger partial charge on any atom is -0.481 e. The van der Waals surface area contributed by atoms with E-state index in [2.05, 4.69) is 15.3 Å². The van der Waals surface area contributed by atoms with Crippen LogP contribution in [0.1, 0.15) is 15.9 Å². The SMILES string of the molecule is COc1ccc(CNC(=O)c2cccnc2OC)cn1. The van der Waals surface area contributed by atoms with Crippen LogP contribution < -0.4 is 14.8 Å². The summed E-state index contributed by atoms with van der Waals surface area (Å²) >= 11 is 0. The van der Waals surface area contributed by atoms with Gasteiger partial charge in [-0.15, -0.1) is 0 Å². The molecule has 0 saturated carbocycles. The number of hydrogen-bond acceptors (Lipinski definition) is 5. The summed E-state index contributed by atoms with van der Waals surface area (Å²) in [6, 6.07) is 6.93. The maximum Gasteiger partial charge on any atom is 0.257 e. The molecule has 0 bridgehead atoms.